The first-order chi connectivity index (χ1) is 12.5. The standard InChI is InChI=1S/C17H24N6O3/c1-10(2)18-17(24)26-12-5-4-11(8-12)13-9-15(22-20-13)19-14-6-7-16(25-3)23-21-14/h6-7,9-12H,4-5,8H2,1-3H3,(H,18,24)(H2,19,20,21,22)/t11-,12+/m0/s1. The highest BCUT2D eigenvalue weighted by atomic mass is 16.6. The van der Waals surface area contributed by atoms with E-state index in [2.05, 4.69) is 31.0 Å². The number of aromatic amines is 1. The predicted molar refractivity (Wildman–Crippen MR) is 95.6 cm³/mol. The molecule has 3 rings (SSSR count). The SMILES string of the molecule is COc1ccc(Nc2cc([C@H]3CC[C@@H](OC(=O)NC(C)C)C3)[nH]n2)nn1. The summed E-state index contributed by atoms with van der Waals surface area (Å²) in [4.78, 5) is 11.7. The van der Waals surface area contributed by atoms with Crippen molar-refractivity contribution in [2.75, 3.05) is 12.4 Å². The van der Waals surface area contributed by atoms with Gasteiger partial charge in [0, 0.05) is 29.8 Å². The second-order valence-electron chi connectivity index (χ2n) is 6.63. The maximum Gasteiger partial charge on any atom is 0.407 e. The number of rotatable bonds is 6. The largest absolute Gasteiger partial charge is 0.480 e. The Morgan fingerprint density at radius 2 is 2.12 bits per heavy atom. The van der Waals surface area contributed by atoms with Crippen LogP contribution in [-0.4, -0.2) is 45.7 Å². The number of anilines is 2. The molecule has 3 N–H and O–H groups in total. The zero-order valence-corrected chi connectivity index (χ0v) is 15.2. The number of carbonyl (C=O) groups is 1. The third-order valence-corrected chi connectivity index (χ3v) is 4.21. The first kappa shape index (κ1) is 18.0. The van der Waals surface area contributed by atoms with Gasteiger partial charge in [-0.2, -0.15) is 5.10 Å². The Hall–Kier alpha value is -2.84. The van der Waals surface area contributed by atoms with Crippen LogP contribution in [0, 0.1) is 0 Å². The second kappa shape index (κ2) is 8.03. The van der Waals surface area contributed by atoms with Gasteiger partial charge in [0.2, 0.25) is 5.88 Å². The van der Waals surface area contributed by atoms with Crippen LogP contribution in [0.25, 0.3) is 0 Å². The molecule has 0 spiro atoms. The summed E-state index contributed by atoms with van der Waals surface area (Å²) >= 11 is 0. The van der Waals surface area contributed by atoms with Crippen molar-refractivity contribution in [3.63, 3.8) is 0 Å². The number of nitrogens with zero attached hydrogens (tertiary/aromatic N) is 3. The number of ether oxygens (including phenoxy) is 2. The average molecular weight is 360 g/mol. The molecule has 1 aliphatic carbocycles. The molecule has 1 aliphatic rings. The van der Waals surface area contributed by atoms with E-state index in [4.69, 9.17) is 9.47 Å². The third kappa shape index (κ3) is 4.62. The molecule has 26 heavy (non-hydrogen) atoms. The zero-order valence-electron chi connectivity index (χ0n) is 15.2. The van der Waals surface area contributed by atoms with Crippen LogP contribution in [0.5, 0.6) is 5.88 Å². The summed E-state index contributed by atoms with van der Waals surface area (Å²) in [7, 11) is 1.54. The van der Waals surface area contributed by atoms with Gasteiger partial charge in [-0.1, -0.05) is 0 Å². The summed E-state index contributed by atoms with van der Waals surface area (Å²) in [6.07, 6.45) is 2.17. The van der Waals surface area contributed by atoms with E-state index in [1.54, 1.807) is 19.2 Å². The summed E-state index contributed by atoms with van der Waals surface area (Å²) < 4.78 is 10.5. The van der Waals surface area contributed by atoms with Crippen molar-refractivity contribution in [1.82, 2.24) is 25.7 Å². The van der Waals surface area contributed by atoms with Gasteiger partial charge in [-0.3, -0.25) is 5.10 Å². The van der Waals surface area contributed by atoms with Crippen LogP contribution >= 0.6 is 0 Å². The molecule has 1 amide bonds. The maximum absolute atomic E-state index is 11.7. The Balaban J connectivity index is 1.54. The van der Waals surface area contributed by atoms with Gasteiger partial charge in [0.1, 0.15) is 6.10 Å². The van der Waals surface area contributed by atoms with Crippen LogP contribution in [-0.2, 0) is 4.74 Å². The van der Waals surface area contributed by atoms with Crippen molar-refractivity contribution in [3.8, 4) is 5.88 Å². The number of methoxy groups -OCH3 is 1. The number of carbonyl (C=O) groups excluding carboxylic acids is 1. The first-order valence-corrected chi connectivity index (χ1v) is 8.70. The van der Waals surface area contributed by atoms with Crippen LogP contribution in [0.15, 0.2) is 18.2 Å². The Bertz CT molecular complexity index is 730. The lowest BCUT2D eigenvalue weighted by Crippen LogP contribution is -2.33. The van der Waals surface area contributed by atoms with Gasteiger partial charge in [0.05, 0.1) is 7.11 Å². The number of hydrogen-bond acceptors (Lipinski definition) is 7. The lowest BCUT2D eigenvalue weighted by Gasteiger charge is -2.14. The van der Waals surface area contributed by atoms with E-state index in [-0.39, 0.29) is 24.2 Å². The van der Waals surface area contributed by atoms with Gasteiger partial charge in [0.25, 0.3) is 0 Å². The molecule has 2 aromatic heterocycles. The molecule has 0 saturated heterocycles. The number of alkyl carbamates (subject to hydrolysis) is 1. The molecule has 0 bridgehead atoms. The average Bonchev–Trinajstić information content (AvgIpc) is 3.24. The molecular weight excluding hydrogens is 336 g/mol. The first-order valence-electron chi connectivity index (χ1n) is 8.70. The molecule has 9 heteroatoms. The smallest absolute Gasteiger partial charge is 0.407 e. The lowest BCUT2D eigenvalue weighted by molar-refractivity contribution is 0.0981. The Labute approximate surface area is 151 Å². The van der Waals surface area contributed by atoms with Crippen molar-refractivity contribution in [2.24, 2.45) is 0 Å². The minimum Gasteiger partial charge on any atom is -0.480 e. The minimum atomic E-state index is -0.351. The highest BCUT2D eigenvalue weighted by Gasteiger charge is 2.30. The Morgan fingerprint density at radius 1 is 1.27 bits per heavy atom. The molecule has 2 atom stereocenters. The molecule has 2 heterocycles. The summed E-state index contributed by atoms with van der Waals surface area (Å²) in [5.41, 5.74) is 1.02. The molecule has 1 saturated carbocycles. The number of hydrogen-bond donors (Lipinski definition) is 3. The molecule has 1 fully saturated rings. The van der Waals surface area contributed by atoms with Gasteiger partial charge in [-0.05, 0) is 39.2 Å². The molecule has 140 valence electrons. The minimum absolute atomic E-state index is 0.0640. The molecule has 0 aromatic carbocycles. The fourth-order valence-corrected chi connectivity index (χ4v) is 2.99. The highest BCUT2D eigenvalue weighted by molar-refractivity contribution is 5.67. The Kier molecular flexibility index (Phi) is 5.55. The topological polar surface area (TPSA) is 114 Å². The van der Waals surface area contributed by atoms with E-state index >= 15 is 0 Å². The third-order valence-electron chi connectivity index (χ3n) is 4.21. The van der Waals surface area contributed by atoms with Crippen molar-refractivity contribution in [2.45, 2.75) is 51.2 Å². The quantitative estimate of drug-likeness (QED) is 0.725. The summed E-state index contributed by atoms with van der Waals surface area (Å²) in [5, 5.41) is 21.1. The van der Waals surface area contributed by atoms with Gasteiger partial charge < -0.3 is 20.1 Å². The Morgan fingerprint density at radius 3 is 2.81 bits per heavy atom. The maximum atomic E-state index is 11.7. The van der Waals surface area contributed by atoms with Crippen molar-refractivity contribution in [3.05, 3.63) is 23.9 Å². The van der Waals surface area contributed by atoms with Gasteiger partial charge in [-0.25, -0.2) is 4.79 Å². The molecule has 9 nitrogen and oxygen atoms in total. The number of H-pyrrole nitrogens is 1. The number of amides is 1. The van der Waals surface area contributed by atoms with Gasteiger partial charge >= 0.3 is 6.09 Å². The number of aromatic nitrogens is 4. The summed E-state index contributed by atoms with van der Waals surface area (Å²) in [5.74, 6) is 2.00. The predicted octanol–water partition coefficient (Wildman–Crippen LogP) is 2.72. The van der Waals surface area contributed by atoms with Crippen LogP contribution in [0.3, 0.4) is 0 Å². The molecule has 0 aliphatic heterocycles. The normalized spacial score (nSPS) is 19.4. The van der Waals surface area contributed by atoms with Crippen molar-refractivity contribution in [1.29, 1.82) is 0 Å². The fraction of sp³-hybridized carbons (Fsp3) is 0.529. The van der Waals surface area contributed by atoms with Crippen LogP contribution < -0.4 is 15.4 Å². The van der Waals surface area contributed by atoms with Gasteiger partial charge in [-0.15, -0.1) is 10.2 Å². The second-order valence-corrected chi connectivity index (χ2v) is 6.63. The molecule has 0 radical (unpaired) electrons. The molecule has 2 aromatic rings. The zero-order chi connectivity index (χ0) is 18.5. The summed E-state index contributed by atoms with van der Waals surface area (Å²) in [6.45, 7) is 3.82. The van der Waals surface area contributed by atoms with E-state index in [0.717, 1.165) is 25.0 Å². The summed E-state index contributed by atoms with van der Waals surface area (Å²) in [6, 6.07) is 5.52. The van der Waals surface area contributed by atoms with Crippen LogP contribution in [0.1, 0.15) is 44.7 Å². The van der Waals surface area contributed by atoms with Crippen LogP contribution in [0.2, 0.25) is 0 Å². The van der Waals surface area contributed by atoms with E-state index in [1.807, 2.05) is 19.9 Å². The van der Waals surface area contributed by atoms with E-state index in [9.17, 15) is 4.79 Å². The van der Waals surface area contributed by atoms with E-state index in [0.29, 0.717) is 17.5 Å². The van der Waals surface area contributed by atoms with Crippen molar-refractivity contribution < 1.29 is 14.3 Å². The lowest BCUT2D eigenvalue weighted by atomic mass is 10.0. The van der Waals surface area contributed by atoms with E-state index < -0.39 is 0 Å². The molecule has 0 unspecified atom stereocenters. The van der Waals surface area contributed by atoms with E-state index in [1.165, 1.54) is 0 Å². The highest BCUT2D eigenvalue weighted by Crippen LogP contribution is 2.36. The number of nitrogens with one attached hydrogen (secondary N) is 3. The fourth-order valence-electron chi connectivity index (χ4n) is 2.99. The van der Waals surface area contributed by atoms with Crippen LogP contribution in [0.4, 0.5) is 16.4 Å². The van der Waals surface area contributed by atoms with Crippen molar-refractivity contribution >= 4 is 17.7 Å². The molecular formula is C17H24N6O3. The van der Waals surface area contributed by atoms with Gasteiger partial charge in [0.15, 0.2) is 11.6 Å². The monoisotopic (exact) mass is 360 g/mol.